The van der Waals surface area contributed by atoms with Gasteiger partial charge in [-0.25, -0.2) is 4.79 Å². The molecule has 2 fully saturated rings. The minimum atomic E-state index is -2.88. The molecule has 0 aromatic heterocycles. The van der Waals surface area contributed by atoms with Gasteiger partial charge in [-0.2, -0.15) is 5.26 Å². The first kappa shape index (κ1) is 28.3. The van der Waals surface area contributed by atoms with Crippen LogP contribution in [-0.4, -0.2) is 80.8 Å². The van der Waals surface area contributed by atoms with Crippen LogP contribution in [0.1, 0.15) is 41.5 Å². The fraction of sp³-hybridized carbons (Fsp3) is 0.533. The van der Waals surface area contributed by atoms with Crippen LogP contribution in [0.3, 0.4) is 0 Å². The molecule has 4 rings (SSSR count). The number of carbonyl (C=O) groups is 1. The summed E-state index contributed by atoms with van der Waals surface area (Å²) in [6.07, 6.45) is -0.752. The minimum absolute atomic E-state index is 0.213. The van der Waals surface area contributed by atoms with E-state index >= 15 is 0 Å². The molecule has 0 N–H and O–H groups in total. The molecule has 7 nitrogen and oxygen atoms in total. The lowest BCUT2D eigenvalue weighted by molar-refractivity contribution is -0.0100. The summed E-state index contributed by atoms with van der Waals surface area (Å²) in [6, 6.07) is 23.6. The fourth-order valence-electron chi connectivity index (χ4n) is 5.67. The van der Waals surface area contributed by atoms with Crippen LogP contribution in [-0.2, 0) is 13.9 Å². The Hall–Kier alpha value is -2.70. The van der Waals surface area contributed by atoms with Gasteiger partial charge in [0.05, 0.1) is 19.3 Å². The maximum Gasteiger partial charge on any atom is 0.410 e. The summed E-state index contributed by atoms with van der Waals surface area (Å²) < 4.78 is 19.0. The molecule has 2 aromatic rings. The zero-order valence-electron chi connectivity index (χ0n) is 23.6. The van der Waals surface area contributed by atoms with Gasteiger partial charge in [0.1, 0.15) is 11.7 Å². The summed E-state index contributed by atoms with van der Waals surface area (Å²) in [5.41, 5.74) is -1.48. The number of ether oxygens (including phenoxy) is 2. The summed E-state index contributed by atoms with van der Waals surface area (Å²) in [7, 11) is -2.88. The van der Waals surface area contributed by atoms with Gasteiger partial charge in [0.25, 0.3) is 8.32 Å². The molecule has 2 heterocycles. The van der Waals surface area contributed by atoms with Crippen LogP contribution in [0.5, 0.6) is 0 Å². The van der Waals surface area contributed by atoms with E-state index in [2.05, 4.69) is 80.3 Å². The molecular formula is C30H41N3O4Si. The largest absolute Gasteiger partial charge is 0.444 e. The van der Waals surface area contributed by atoms with Crippen molar-refractivity contribution in [1.82, 2.24) is 9.80 Å². The lowest BCUT2D eigenvalue weighted by Gasteiger charge is -2.49. The Morgan fingerprint density at radius 3 is 1.92 bits per heavy atom. The van der Waals surface area contributed by atoms with Crippen molar-refractivity contribution in [2.45, 2.75) is 63.8 Å². The maximum absolute atomic E-state index is 12.6. The molecule has 2 saturated heterocycles. The standard InChI is InChI=1S/C30H41N3O4Si/c1-28(2,3)36-27(34)32-17-19-33(20-18-32)30(22-31)23-35-21-26(30)37-38(29(4,5)6,24-13-9-7-10-14-24)25-15-11-8-12-16-25/h7-16,26H,17-21,23H2,1-6H3/t26-,30+/m0/s1. The zero-order valence-corrected chi connectivity index (χ0v) is 24.6. The fourth-order valence-corrected chi connectivity index (χ4v) is 10.4. The lowest BCUT2D eigenvalue weighted by atomic mass is 9.94. The second kappa shape index (κ2) is 10.8. The van der Waals surface area contributed by atoms with Gasteiger partial charge >= 0.3 is 6.09 Å². The minimum Gasteiger partial charge on any atom is -0.444 e. The van der Waals surface area contributed by atoms with Gasteiger partial charge in [-0.3, -0.25) is 4.90 Å². The Morgan fingerprint density at radius 2 is 1.47 bits per heavy atom. The second-order valence-corrected chi connectivity index (χ2v) is 16.5. The number of nitriles is 1. The Morgan fingerprint density at radius 1 is 0.947 bits per heavy atom. The van der Waals surface area contributed by atoms with Gasteiger partial charge in [0, 0.05) is 26.2 Å². The van der Waals surface area contributed by atoms with E-state index in [0.717, 1.165) is 0 Å². The molecule has 0 aliphatic carbocycles. The van der Waals surface area contributed by atoms with Crippen molar-refractivity contribution >= 4 is 24.8 Å². The van der Waals surface area contributed by atoms with Crippen molar-refractivity contribution in [1.29, 1.82) is 5.26 Å². The van der Waals surface area contributed by atoms with E-state index in [4.69, 9.17) is 13.9 Å². The summed E-state index contributed by atoms with van der Waals surface area (Å²) in [5, 5.41) is 12.8. The maximum atomic E-state index is 12.6. The Kier molecular flexibility index (Phi) is 8.06. The highest BCUT2D eigenvalue weighted by Crippen LogP contribution is 2.41. The number of rotatable bonds is 5. The molecule has 0 radical (unpaired) electrons. The molecule has 2 aliphatic rings. The van der Waals surface area contributed by atoms with Crippen LogP contribution in [0.15, 0.2) is 60.7 Å². The number of hydrogen-bond acceptors (Lipinski definition) is 6. The zero-order chi connectivity index (χ0) is 27.6. The Bertz CT molecular complexity index is 1090. The lowest BCUT2D eigenvalue weighted by Crippen LogP contribution is -2.71. The van der Waals surface area contributed by atoms with Crippen LogP contribution in [0, 0.1) is 11.3 Å². The van der Waals surface area contributed by atoms with Crippen molar-refractivity contribution in [3.63, 3.8) is 0 Å². The predicted octanol–water partition coefficient (Wildman–Crippen LogP) is 3.78. The topological polar surface area (TPSA) is 75.0 Å². The highest BCUT2D eigenvalue weighted by molar-refractivity contribution is 6.99. The molecule has 2 aliphatic heterocycles. The third-order valence-electron chi connectivity index (χ3n) is 7.55. The Labute approximate surface area is 228 Å². The molecule has 0 unspecified atom stereocenters. The first-order valence-corrected chi connectivity index (χ1v) is 15.3. The van der Waals surface area contributed by atoms with Crippen molar-refractivity contribution in [3.8, 4) is 6.07 Å². The average Bonchev–Trinajstić information content (AvgIpc) is 3.30. The Balaban J connectivity index is 1.67. The van der Waals surface area contributed by atoms with Gasteiger partial charge in [0.2, 0.25) is 0 Å². The molecular weight excluding hydrogens is 494 g/mol. The number of amides is 1. The quantitative estimate of drug-likeness (QED) is 0.543. The average molecular weight is 536 g/mol. The second-order valence-electron chi connectivity index (χ2n) is 12.3. The predicted molar refractivity (Wildman–Crippen MR) is 151 cm³/mol. The number of piperazine rings is 1. The van der Waals surface area contributed by atoms with Gasteiger partial charge in [-0.15, -0.1) is 0 Å². The molecule has 2 aromatic carbocycles. The smallest absolute Gasteiger partial charge is 0.410 e. The third kappa shape index (κ3) is 5.39. The highest BCUT2D eigenvalue weighted by atomic mass is 28.4. The van der Waals surface area contributed by atoms with E-state index in [9.17, 15) is 10.1 Å². The summed E-state index contributed by atoms with van der Waals surface area (Å²) in [4.78, 5) is 16.5. The van der Waals surface area contributed by atoms with Crippen molar-refractivity contribution < 1.29 is 18.7 Å². The molecule has 2 atom stereocenters. The third-order valence-corrected chi connectivity index (χ3v) is 12.6. The van der Waals surface area contributed by atoms with Crippen LogP contribution in [0.4, 0.5) is 4.79 Å². The molecule has 204 valence electrons. The number of nitrogens with zero attached hydrogens (tertiary/aromatic N) is 3. The van der Waals surface area contributed by atoms with E-state index in [1.807, 2.05) is 32.9 Å². The van der Waals surface area contributed by atoms with Crippen LogP contribution in [0.25, 0.3) is 0 Å². The monoisotopic (exact) mass is 535 g/mol. The molecule has 8 heteroatoms. The first-order chi connectivity index (χ1) is 17.9. The molecule has 0 bridgehead atoms. The summed E-state index contributed by atoms with van der Waals surface area (Å²) in [5.74, 6) is 0. The SMILES string of the molecule is CC(C)(C)OC(=O)N1CCN([C@]2(C#N)COC[C@@H]2O[Si](c2ccccc2)(c2ccccc2)C(C)(C)C)CC1. The van der Waals surface area contributed by atoms with E-state index in [1.54, 1.807) is 4.90 Å². The normalized spacial score (nSPS) is 23.2. The van der Waals surface area contributed by atoms with E-state index < -0.39 is 25.6 Å². The molecule has 0 spiro atoms. The van der Waals surface area contributed by atoms with Gasteiger partial charge < -0.3 is 18.8 Å². The first-order valence-electron chi connectivity index (χ1n) is 13.4. The van der Waals surface area contributed by atoms with E-state index in [1.165, 1.54) is 10.4 Å². The van der Waals surface area contributed by atoms with Crippen LogP contribution < -0.4 is 10.4 Å². The number of hydrogen-bond donors (Lipinski definition) is 0. The van der Waals surface area contributed by atoms with E-state index in [0.29, 0.717) is 32.8 Å². The molecule has 0 saturated carbocycles. The number of benzene rings is 2. The molecule has 38 heavy (non-hydrogen) atoms. The highest BCUT2D eigenvalue weighted by Gasteiger charge is 2.58. The summed E-state index contributed by atoms with van der Waals surface area (Å²) >= 11 is 0. The van der Waals surface area contributed by atoms with Gasteiger partial charge in [-0.05, 0) is 36.2 Å². The van der Waals surface area contributed by atoms with Crippen molar-refractivity contribution in [2.24, 2.45) is 0 Å². The van der Waals surface area contributed by atoms with E-state index in [-0.39, 0.29) is 17.7 Å². The van der Waals surface area contributed by atoms with Crippen molar-refractivity contribution in [3.05, 3.63) is 60.7 Å². The van der Waals surface area contributed by atoms with Crippen LogP contribution in [0.2, 0.25) is 5.04 Å². The van der Waals surface area contributed by atoms with Crippen molar-refractivity contribution in [2.75, 3.05) is 39.4 Å². The van der Waals surface area contributed by atoms with Gasteiger partial charge in [-0.1, -0.05) is 81.4 Å². The number of carbonyl (C=O) groups excluding carboxylic acids is 1. The molecule has 1 amide bonds. The van der Waals surface area contributed by atoms with Gasteiger partial charge in [0.15, 0.2) is 5.54 Å². The summed E-state index contributed by atoms with van der Waals surface area (Å²) in [6.45, 7) is 15.0. The van der Waals surface area contributed by atoms with Crippen LogP contribution >= 0.6 is 0 Å².